The van der Waals surface area contributed by atoms with E-state index in [4.69, 9.17) is 16.3 Å². The molecule has 29 heavy (non-hydrogen) atoms. The minimum absolute atomic E-state index is 0.0619. The third-order valence-corrected chi connectivity index (χ3v) is 5.08. The summed E-state index contributed by atoms with van der Waals surface area (Å²) in [6.07, 6.45) is 1.67. The number of allylic oxidation sites excluding steroid dienone is 1. The highest BCUT2D eigenvalue weighted by Crippen LogP contribution is 2.30. The Kier molecular flexibility index (Phi) is 6.65. The second kappa shape index (κ2) is 9.37. The molecule has 0 aliphatic heterocycles. The van der Waals surface area contributed by atoms with Crippen molar-refractivity contribution >= 4 is 44.9 Å². The number of ether oxygens (including phenoxy) is 1. The summed E-state index contributed by atoms with van der Waals surface area (Å²) in [6.45, 7) is 0.324. The number of nitro benzene ring substituents is 1. The van der Waals surface area contributed by atoms with Gasteiger partial charge in [-0.3, -0.25) is 10.1 Å². The Morgan fingerprint density at radius 1 is 1.17 bits per heavy atom. The maximum Gasteiger partial charge on any atom is 0.270 e. The van der Waals surface area contributed by atoms with Crippen LogP contribution < -0.4 is 4.74 Å². The van der Waals surface area contributed by atoms with Crippen molar-refractivity contribution in [3.8, 4) is 11.8 Å². The number of halogens is 2. The monoisotopic (exact) mass is 468 g/mol. The molecule has 0 aliphatic rings. The van der Waals surface area contributed by atoms with Gasteiger partial charge in [-0.25, -0.2) is 0 Å². The lowest BCUT2D eigenvalue weighted by atomic mass is 10.0. The highest BCUT2D eigenvalue weighted by atomic mass is 79.9. The van der Waals surface area contributed by atoms with Crippen LogP contribution in [0.5, 0.6) is 5.75 Å². The fraction of sp³-hybridized carbons (Fsp3) is 0.0455. The minimum Gasteiger partial charge on any atom is -0.488 e. The van der Waals surface area contributed by atoms with Crippen LogP contribution in [0.2, 0.25) is 5.02 Å². The molecule has 0 saturated carbocycles. The van der Waals surface area contributed by atoms with Crippen molar-refractivity contribution in [2.75, 3.05) is 0 Å². The van der Waals surface area contributed by atoms with Crippen molar-refractivity contribution in [2.45, 2.75) is 6.61 Å². The zero-order chi connectivity index (χ0) is 20.8. The molecule has 0 unspecified atom stereocenters. The zero-order valence-electron chi connectivity index (χ0n) is 15.0. The topological polar surface area (TPSA) is 76.2 Å². The maximum absolute atomic E-state index is 11.0. The highest BCUT2D eigenvalue weighted by Gasteiger charge is 2.10. The molecule has 3 rings (SSSR count). The number of benzene rings is 3. The fourth-order valence-corrected chi connectivity index (χ4v) is 3.33. The normalized spacial score (nSPS) is 11.0. The van der Waals surface area contributed by atoms with Gasteiger partial charge >= 0.3 is 0 Å². The predicted octanol–water partition coefficient (Wildman–Crippen LogP) is 6.65. The number of nitriles is 1. The molecule has 0 aliphatic carbocycles. The number of nitrogens with zero attached hydrogens (tertiary/aromatic N) is 2. The van der Waals surface area contributed by atoms with E-state index in [1.165, 1.54) is 12.1 Å². The third kappa shape index (κ3) is 5.23. The Morgan fingerprint density at radius 3 is 2.66 bits per heavy atom. The second-order valence-electron chi connectivity index (χ2n) is 6.05. The van der Waals surface area contributed by atoms with Crippen LogP contribution in [-0.2, 0) is 6.61 Å². The molecule has 5 nitrogen and oxygen atoms in total. The molecule has 0 N–H and O–H groups in total. The Bertz CT molecular complexity index is 1140. The van der Waals surface area contributed by atoms with E-state index >= 15 is 0 Å². The first-order chi connectivity index (χ1) is 14.0. The molecule has 0 radical (unpaired) electrons. The fourth-order valence-electron chi connectivity index (χ4n) is 2.63. The van der Waals surface area contributed by atoms with E-state index in [1.54, 1.807) is 36.4 Å². The first-order valence-corrected chi connectivity index (χ1v) is 9.67. The largest absolute Gasteiger partial charge is 0.488 e. The summed E-state index contributed by atoms with van der Waals surface area (Å²) >= 11 is 9.62. The van der Waals surface area contributed by atoms with Crippen LogP contribution in [0.15, 0.2) is 71.2 Å². The van der Waals surface area contributed by atoms with E-state index in [0.717, 1.165) is 15.6 Å². The van der Waals surface area contributed by atoms with E-state index in [9.17, 15) is 15.4 Å². The van der Waals surface area contributed by atoms with Gasteiger partial charge < -0.3 is 4.74 Å². The van der Waals surface area contributed by atoms with E-state index in [1.807, 2.05) is 24.3 Å². The predicted molar refractivity (Wildman–Crippen MR) is 117 cm³/mol. The van der Waals surface area contributed by atoms with Gasteiger partial charge in [-0.2, -0.15) is 5.26 Å². The van der Waals surface area contributed by atoms with Gasteiger partial charge in [0.05, 0.1) is 21.0 Å². The molecular formula is C22H14BrClN2O3. The summed E-state index contributed by atoms with van der Waals surface area (Å²) in [6, 6.07) is 20.9. The lowest BCUT2D eigenvalue weighted by Gasteiger charge is -2.10. The quantitative estimate of drug-likeness (QED) is 0.175. The van der Waals surface area contributed by atoms with E-state index < -0.39 is 4.92 Å². The van der Waals surface area contributed by atoms with E-state index in [2.05, 4.69) is 22.0 Å². The number of rotatable bonds is 6. The molecule has 3 aromatic carbocycles. The molecule has 0 spiro atoms. The van der Waals surface area contributed by atoms with Crippen LogP contribution in [-0.4, -0.2) is 4.92 Å². The first kappa shape index (κ1) is 20.6. The lowest BCUT2D eigenvalue weighted by Crippen LogP contribution is -1.97. The van der Waals surface area contributed by atoms with Crippen LogP contribution in [0.3, 0.4) is 0 Å². The minimum atomic E-state index is -0.486. The average Bonchev–Trinajstić information content (AvgIpc) is 2.72. The van der Waals surface area contributed by atoms with Gasteiger partial charge in [0.25, 0.3) is 5.69 Å². The second-order valence-corrected chi connectivity index (χ2v) is 7.31. The van der Waals surface area contributed by atoms with Gasteiger partial charge in [0.15, 0.2) is 0 Å². The molecule has 0 atom stereocenters. The molecule has 3 aromatic rings. The van der Waals surface area contributed by atoms with Crippen LogP contribution in [0.1, 0.15) is 16.7 Å². The SMILES string of the molecule is N#CC(=Cc1ccc(OCc2ccccc2Cl)c(Br)c1)c1cccc([N+](=O)[O-])c1. The molecule has 144 valence electrons. The summed E-state index contributed by atoms with van der Waals surface area (Å²) in [5.74, 6) is 0.635. The van der Waals surface area contributed by atoms with Crippen LogP contribution in [0.4, 0.5) is 5.69 Å². The lowest BCUT2D eigenvalue weighted by molar-refractivity contribution is -0.384. The molecule has 0 aromatic heterocycles. The van der Waals surface area contributed by atoms with Gasteiger partial charge in [0.2, 0.25) is 0 Å². The molecule has 0 saturated heterocycles. The maximum atomic E-state index is 11.0. The molecule has 0 heterocycles. The first-order valence-electron chi connectivity index (χ1n) is 8.50. The molecule has 0 amide bonds. The molecule has 7 heteroatoms. The number of hydrogen-bond acceptors (Lipinski definition) is 4. The molecular weight excluding hydrogens is 456 g/mol. The van der Waals surface area contributed by atoms with Crippen molar-refractivity contribution < 1.29 is 9.66 Å². The summed E-state index contributed by atoms with van der Waals surface area (Å²) in [7, 11) is 0. The number of hydrogen-bond donors (Lipinski definition) is 0. The van der Waals surface area contributed by atoms with Gasteiger partial charge in [-0.1, -0.05) is 48.0 Å². The van der Waals surface area contributed by atoms with E-state index in [-0.39, 0.29) is 5.69 Å². The molecule has 0 fully saturated rings. The standard InChI is InChI=1S/C22H14BrClN2O3/c23-20-11-15(8-9-22(20)29-14-17-4-1-2-7-21(17)24)10-18(13-25)16-5-3-6-19(12-16)26(27)28/h1-12H,14H2. The van der Waals surface area contributed by atoms with Gasteiger partial charge in [-0.15, -0.1) is 0 Å². The van der Waals surface area contributed by atoms with Crippen molar-refractivity contribution in [3.63, 3.8) is 0 Å². The number of non-ortho nitro benzene ring substituents is 1. The summed E-state index contributed by atoms with van der Waals surface area (Å²) in [5.41, 5.74) is 2.38. The van der Waals surface area contributed by atoms with Crippen molar-refractivity contribution in [2.24, 2.45) is 0 Å². The summed E-state index contributed by atoms with van der Waals surface area (Å²) < 4.78 is 6.54. The third-order valence-electron chi connectivity index (χ3n) is 4.10. The van der Waals surface area contributed by atoms with Gasteiger partial charge in [-0.05, 0) is 51.3 Å². The van der Waals surface area contributed by atoms with Crippen LogP contribution >= 0.6 is 27.5 Å². The summed E-state index contributed by atoms with van der Waals surface area (Å²) in [4.78, 5) is 10.5. The van der Waals surface area contributed by atoms with Gasteiger partial charge in [0, 0.05) is 22.7 Å². The van der Waals surface area contributed by atoms with Crippen molar-refractivity contribution in [1.29, 1.82) is 5.26 Å². The Hall–Kier alpha value is -3.14. The highest BCUT2D eigenvalue weighted by molar-refractivity contribution is 9.10. The van der Waals surface area contributed by atoms with Crippen molar-refractivity contribution in [1.82, 2.24) is 0 Å². The molecule has 0 bridgehead atoms. The van der Waals surface area contributed by atoms with Crippen molar-refractivity contribution in [3.05, 3.63) is 103 Å². The van der Waals surface area contributed by atoms with Gasteiger partial charge in [0.1, 0.15) is 12.4 Å². The van der Waals surface area contributed by atoms with E-state index in [0.29, 0.717) is 28.5 Å². The Balaban J connectivity index is 1.81. The van der Waals surface area contributed by atoms with Crippen LogP contribution in [0, 0.1) is 21.4 Å². The summed E-state index contributed by atoms with van der Waals surface area (Å²) in [5, 5.41) is 21.1. The Morgan fingerprint density at radius 2 is 1.97 bits per heavy atom. The zero-order valence-corrected chi connectivity index (χ0v) is 17.4. The van der Waals surface area contributed by atoms with Crippen LogP contribution in [0.25, 0.3) is 11.6 Å². The average molecular weight is 470 g/mol. The smallest absolute Gasteiger partial charge is 0.270 e. The number of nitro groups is 1. The Labute approximate surface area is 181 Å².